The maximum absolute atomic E-state index is 11.2. The van der Waals surface area contributed by atoms with E-state index in [2.05, 4.69) is 87.5 Å². The minimum absolute atomic E-state index is 0. The topological polar surface area (TPSA) is 50.2 Å². The first kappa shape index (κ1) is 32.1. The first-order valence-electron chi connectivity index (χ1n) is 13.4. The molecule has 1 aromatic heterocycles. The fraction of sp³-hybridized carbons (Fsp3) is 0.314. The summed E-state index contributed by atoms with van der Waals surface area (Å²) < 4.78 is 0. The third-order valence-electron chi connectivity index (χ3n) is 6.11. The number of aliphatic hydroxyl groups excluding tert-OH is 1. The van der Waals surface area contributed by atoms with Crippen LogP contribution in [0, 0.1) is 38.7 Å². The molecule has 3 nitrogen and oxygen atoms in total. The van der Waals surface area contributed by atoms with Crippen molar-refractivity contribution in [3.05, 3.63) is 101 Å². The first-order valence-corrected chi connectivity index (χ1v) is 13.4. The normalized spacial score (nSPS) is 11.3. The molecule has 39 heavy (non-hydrogen) atoms. The summed E-state index contributed by atoms with van der Waals surface area (Å²) >= 11 is 0. The molecule has 0 saturated heterocycles. The number of ketones is 1. The molecule has 0 spiro atoms. The quantitative estimate of drug-likeness (QED) is 0.119. The van der Waals surface area contributed by atoms with Gasteiger partial charge in [-0.15, -0.1) is 35.4 Å². The van der Waals surface area contributed by atoms with Crippen molar-refractivity contribution in [3.63, 3.8) is 0 Å². The summed E-state index contributed by atoms with van der Waals surface area (Å²) in [7, 11) is 0. The summed E-state index contributed by atoms with van der Waals surface area (Å²) in [5, 5.41) is 10.5. The van der Waals surface area contributed by atoms with E-state index in [9.17, 15) is 9.90 Å². The van der Waals surface area contributed by atoms with E-state index < -0.39 is 0 Å². The molecule has 0 amide bonds. The Kier molecular flexibility index (Phi) is 12.3. The molecule has 0 atom stereocenters. The van der Waals surface area contributed by atoms with Crippen molar-refractivity contribution in [1.29, 1.82) is 0 Å². The number of rotatable bonds is 7. The molecule has 0 aliphatic carbocycles. The summed E-state index contributed by atoms with van der Waals surface area (Å²) in [6, 6.07) is 26.9. The summed E-state index contributed by atoms with van der Waals surface area (Å²) in [6.07, 6.45) is 2.46. The number of aromatic nitrogens is 1. The van der Waals surface area contributed by atoms with Crippen LogP contribution in [0.15, 0.2) is 78.6 Å². The van der Waals surface area contributed by atoms with Crippen LogP contribution in [0.2, 0.25) is 0 Å². The average molecular weight is 699 g/mol. The number of carbonyl (C=O) groups is 1. The average Bonchev–Trinajstić information content (AvgIpc) is 2.83. The van der Waals surface area contributed by atoms with Gasteiger partial charge in [-0.3, -0.25) is 9.78 Å². The van der Waals surface area contributed by atoms with E-state index in [1.54, 1.807) is 0 Å². The van der Waals surface area contributed by atoms with Gasteiger partial charge < -0.3 is 5.11 Å². The van der Waals surface area contributed by atoms with E-state index in [1.807, 2.05) is 33.8 Å². The zero-order valence-corrected chi connectivity index (χ0v) is 26.5. The Morgan fingerprint density at radius 3 is 2.08 bits per heavy atom. The Morgan fingerprint density at radius 1 is 0.846 bits per heavy atom. The van der Waals surface area contributed by atoms with Crippen molar-refractivity contribution in [2.75, 3.05) is 0 Å². The number of carbonyl (C=O) groups excluding carboxylic acids is 1. The fourth-order valence-electron chi connectivity index (χ4n) is 4.30. The van der Waals surface area contributed by atoms with Crippen LogP contribution < -0.4 is 0 Å². The van der Waals surface area contributed by atoms with Gasteiger partial charge >= 0.3 is 0 Å². The maximum atomic E-state index is 11.2. The molecule has 207 valence electrons. The van der Waals surface area contributed by atoms with Crippen LogP contribution in [0.25, 0.3) is 33.3 Å². The molecule has 4 aromatic rings. The number of fused-ring (bicyclic) bond motifs is 1. The predicted octanol–water partition coefficient (Wildman–Crippen LogP) is 9.38. The number of aliphatic hydroxyl groups is 1. The Hall–Kier alpha value is -3.07. The molecule has 0 aliphatic heterocycles. The minimum Gasteiger partial charge on any atom is -0.512 e. The van der Waals surface area contributed by atoms with Crippen molar-refractivity contribution in [1.82, 2.24) is 4.98 Å². The predicted molar refractivity (Wildman–Crippen MR) is 160 cm³/mol. The van der Waals surface area contributed by atoms with Gasteiger partial charge in [0.05, 0.1) is 11.3 Å². The molecule has 1 radical (unpaired) electrons. The van der Waals surface area contributed by atoms with Crippen molar-refractivity contribution in [2.45, 2.75) is 61.3 Å². The molecule has 0 fully saturated rings. The van der Waals surface area contributed by atoms with Crippen LogP contribution in [0.1, 0.15) is 57.2 Å². The van der Waals surface area contributed by atoms with Gasteiger partial charge in [0.25, 0.3) is 0 Å². The summed E-state index contributed by atoms with van der Waals surface area (Å²) in [4.78, 5) is 16.1. The number of hydrogen-bond donors (Lipinski definition) is 1. The molecule has 4 heteroatoms. The number of aryl methyl sites for hydroxylation is 3. The van der Waals surface area contributed by atoms with Crippen molar-refractivity contribution >= 4 is 16.7 Å². The first-order chi connectivity index (χ1) is 18.0. The van der Waals surface area contributed by atoms with Crippen molar-refractivity contribution < 1.29 is 30.0 Å². The third kappa shape index (κ3) is 9.88. The van der Waals surface area contributed by atoms with E-state index in [1.165, 1.54) is 39.3 Å². The summed E-state index contributed by atoms with van der Waals surface area (Å²) in [5.41, 5.74) is 9.20. The van der Waals surface area contributed by atoms with Crippen LogP contribution in [0.4, 0.5) is 0 Å². The minimum atomic E-state index is 0. The molecule has 3 aromatic carbocycles. The number of allylic oxidation sites excluding steroid dienone is 2. The van der Waals surface area contributed by atoms with Gasteiger partial charge in [-0.1, -0.05) is 82.1 Å². The van der Waals surface area contributed by atoms with Crippen LogP contribution in [0.5, 0.6) is 0 Å². The molecule has 1 heterocycles. The maximum Gasteiger partial charge on any atom is 0.159 e. The third-order valence-corrected chi connectivity index (χ3v) is 6.11. The second-order valence-corrected chi connectivity index (χ2v) is 11.0. The smallest absolute Gasteiger partial charge is 0.159 e. The van der Waals surface area contributed by atoms with Gasteiger partial charge in [-0.2, -0.15) is 0 Å². The van der Waals surface area contributed by atoms with Crippen LogP contribution in [-0.4, -0.2) is 15.9 Å². The molecule has 0 bridgehead atoms. The van der Waals surface area contributed by atoms with Gasteiger partial charge in [0, 0.05) is 44.4 Å². The molecule has 0 aliphatic rings. The van der Waals surface area contributed by atoms with E-state index in [0.29, 0.717) is 24.7 Å². The Labute approximate surface area is 247 Å². The number of benzene rings is 3. The zero-order valence-electron chi connectivity index (χ0n) is 24.1. The van der Waals surface area contributed by atoms with Gasteiger partial charge in [0.1, 0.15) is 0 Å². The number of nitrogens with zero attached hydrogens (tertiary/aromatic N) is 1. The molecular formula is C35H40IrNO2-. The van der Waals surface area contributed by atoms with Crippen LogP contribution in [0.3, 0.4) is 0 Å². The van der Waals surface area contributed by atoms with E-state index in [-0.39, 0.29) is 31.6 Å². The fourth-order valence-corrected chi connectivity index (χ4v) is 4.30. The van der Waals surface area contributed by atoms with Gasteiger partial charge in [-0.25, -0.2) is 0 Å². The molecule has 0 unspecified atom stereocenters. The Bertz CT molecular complexity index is 1420. The number of pyridine rings is 1. The van der Waals surface area contributed by atoms with Gasteiger partial charge in [0.2, 0.25) is 0 Å². The van der Waals surface area contributed by atoms with E-state index in [4.69, 9.17) is 4.98 Å². The van der Waals surface area contributed by atoms with E-state index in [0.717, 1.165) is 16.8 Å². The Morgan fingerprint density at radius 2 is 1.46 bits per heavy atom. The van der Waals surface area contributed by atoms with Crippen LogP contribution in [-0.2, 0) is 24.9 Å². The largest absolute Gasteiger partial charge is 0.512 e. The standard InChI is InChI=1S/C24H20N.C11H20O2.Ir/c1-16-7-10-19(11-8-16)21-15-24(20-6-4-5-17(2)13-20)25-23-12-9-18(3)14-22(21)23;1-8(2)5-10(12)7-11(13)6-9(3)4;/h4-5,7-15H,1-3H3;7-9,12H,5-6H2,1-4H3;/q-1;;/b;10-7-;. The van der Waals surface area contributed by atoms with E-state index >= 15 is 0 Å². The van der Waals surface area contributed by atoms with Gasteiger partial charge in [-0.05, 0) is 54.6 Å². The van der Waals surface area contributed by atoms with Crippen molar-refractivity contribution in [2.24, 2.45) is 11.8 Å². The van der Waals surface area contributed by atoms with Gasteiger partial charge in [0.15, 0.2) is 5.78 Å². The molecule has 4 rings (SSSR count). The monoisotopic (exact) mass is 699 g/mol. The number of hydrogen-bond acceptors (Lipinski definition) is 3. The SMILES string of the molecule is CC(C)CC(=O)/C=C(\O)CC(C)C.Cc1ccc(-c2cc(-c3[c-]ccc(C)c3)nc3ccc(C)cc23)cc1.[Ir]. The molecular weight excluding hydrogens is 659 g/mol. The zero-order chi connectivity index (χ0) is 27.8. The van der Waals surface area contributed by atoms with Crippen molar-refractivity contribution in [3.8, 4) is 22.4 Å². The summed E-state index contributed by atoms with van der Waals surface area (Å²) in [6.45, 7) is 14.3. The molecule has 0 saturated carbocycles. The second kappa shape index (κ2) is 14.9. The van der Waals surface area contributed by atoms with Crippen LogP contribution >= 0.6 is 0 Å². The Balaban J connectivity index is 0.000000328. The second-order valence-electron chi connectivity index (χ2n) is 11.0. The molecule has 1 N–H and O–H groups in total. The summed E-state index contributed by atoms with van der Waals surface area (Å²) in [5.74, 6) is 0.979.